The molecule has 0 spiro atoms. The summed E-state index contributed by atoms with van der Waals surface area (Å²) < 4.78 is 31.0. The van der Waals surface area contributed by atoms with Crippen LogP contribution in [0.5, 0.6) is 0 Å². The monoisotopic (exact) mass is 466 g/mol. The summed E-state index contributed by atoms with van der Waals surface area (Å²) in [5, 5.41) is 5.50. The second-order valence-corrected chi connectivity index (χ2v) is 10.7. The van der Waals surface area contributed by atoms with E-state index in [0.29, 0.717) is 29.8 Å². The normalized spacial score (nSPS) is 15.2. The molecule has 0 atom stereocenters. The van der Waals surface area contributed by atoms with Crippen LogP contribution in [0.1, 0.15) is 47.4 Å². The van der Waals surface area contributed by atoms with Crippen LogP contribution in [0.15, 0.2) is 70.2 Å². The van der Waals surface area contributed by atoms with E-state index in [4.69, 9.17) is 4.42 Å². The molecule has 2 N–H and O–H groups in total. The van der Waals surface area contributed by atoms with Gasteiger partial charge in [0.05, 0.1) is 11.2 Å². The number of aryl methyl sites for hydroxylation is 2. The molecule has 7 nitrogen and oxygen atoms in total. The minimum atomic E-state index is -3.90. The third kappa shape index (κ3) is 4.30. The molecule has 1 saturated carbocycles. The maximum atomic E-state index is 13.7. The lowest BCUT2D eigenvalue weighted by Crippen LogP contribution is -2.47. The van der Waals surface area contributed by atoms with Crippen LogP contribution in [0, 0.1) is 13.8 Å². The molecule has 172 valence electrons. The van der Waals surface area contributed by atoms with Crippen LogP contribution >= 0.6 is 0 Å². The topological polar surface area (TPSA) is 105 Å². The summed E-state index contributed by atoms with van der Waals surface area (Å²) >= 11 is 0. The molecule has 3 aromatic rings. The van der Waals surface area contributed by atoms with Crippen molar-refractivity contribution in [2.75, 3.05) is 10.6 Å². The first kappa shape index (κ1) is 22.8. The standard InChI is InChI=1S/C25H26N2O5S/c1-17-7-8-18(2)22(16-17)33(30,31)25(13-3-4-14-25)24(29)27-20-11-9-19(10-12-20)26-23(28)21-6-5-15-32-21/h5-12,15-16H,3-4,13-14H2,1-2H3,(H,26,28)(H,27,29). The molecule has 4 rings (SSSR count). The zero-order valence-corrected chi connectivity index (χ0v) is 19.4. The van der Waals surface area contributed by atoms with Gasteiger partial charge in [-0.2, -0.15) is 0 Å². The average molecular weight is 467 g/mol. The van der Waals surface area contributed by atoms with Gasteiger partial charge < -0.3 is 15.1 Å². The third-order valence-corrected chi connectivity index (χ3v) is 8.76. The number of anilines is 2. The molecular weight excluding hydrogens is 440 g/mol. The first-order valence-electron chi connectivity index (χ1n) is 10.8. The largest absolute Gasteiger partial charge is 0.459 e. The first-order chi connectivity index (χ1) is 15.7. The van der Waals surface area contributed by atoms with Gasteiger partial charge in [-0.3, -0.25) is 9.59 Å². The SMILES string of the molecule is Cc1ccc(C)c(S(=O)(=O)C2(C(=O)Nc3ccc(NC(=O)c4ccco4)cc3)CCCC2)c1. The summed E-state index contributed by atoms with van der Waals surface area (Å²) in [5.41, 5.74) is 2.45. The zero-order chi connectivity index (χ0) is 23.6. The second-order valence-electron chi connectivity index (χ2n) is 8.44. The molecule has 33 heavy (non-hydrogen) atoms. The number of hydrogen-bond donors (Lipinski definition) is 2. The van der Waals surface area contributed by atoms with E-state index >= 15 is 0 Å². The average Bonchev–Trinajstić information content (AvgIpc) is 3.50. The van der Waals surface area contributed by atoms with Crippen molar-refractivity contribution in [3.05, 3.63) is 77.7 Å². The van der Waals surface area contributed by atoms with Crippen LogP contribution in [0.3, 0.4) is 0 Å². The molecule has 8 heteroatoms. The number of rotatable bonds is 6. The van der Waals surface area contributed by atoms with Crippen molar-refractivity contribution in [2.24, 2.45) is 0 Å². The van der Waals surface area contributed by atoms with Crippen LogP contribution in [0.4, 0.5) is 11.4 Å². The van der Waals surface area contributed by atoms with Crippen LogP contribution in [-0.2, 0) is 14.6 Å². The molecule has 0 radical (unpaired) electrons. The van der Waals surface area contributed by atoms with Gasteiger partial charge >= 0.3 is 0 Å². The Morgan fingerprint density at radius 3 is 2.15 bits per heavy atom. The lowest BCUT2D eigenvalue weighted by Gasteiger charge is -2.28. The fourth-order valence-corrected chi connectivity index (χ4v) is 6.63. The Labute approximate surface area is 193 Å². The number of sulfone groups is 1. The fraction of sp³-hybridized carbons (Fsp3) is 0.280. The van der Waals surface area contributed by atoms with Crippen molar-refractivity contribution in [2.45, 2.75) is 49.2 Å². The van der Waals surface area contributed by atoms with E-state index in [9.17, 15) is 18.0 Å². The number of amides is 2. The number of furan rings is 1. The predicted octanol–water partition coefficient (Wildman–Crippen LogP) is 4.87. The van der Waals surface area contributed by atoms with Crippen LogP contribution in [0.2, 0.25) is 0 Å². The van der Waals surface area contributed by atoms with Gasteiger partial charge in [-0.15, -0.1) is 0 Å². The molecule has 0 aliphatic heterocycles. The lowest BCUT2D eigenvalue weighted by molar-refractivity contribution is -0.118. The highest BCUT2D eigenvalue weighted by atomic mass is 32.2. The van der Waals surface area contributed by atoms with E-state index in [-0.39, 0.29) is 29.4 Å². The van der Waals surface area contributed by atoms with Crippen molar-refractivity contribution in [3.8, 4) is 0 Å². The number of carbonyl (C=O) groups is 2. The number of nitrogens with one attached hydrogen (secondary N) is 2. The Bertz CT molecular complexity index is 1270. The Morgan fingerprint density at radius 2 is 1.55 bits per heavy atom. The minimum absolute atomic E-state index is 0.187. The van der Waals surface area contributed by atoms with Gasteiger partial charge in [0, 0.05) is 11.4 Å². The van der Waals surface area contributed by atoms with Gasteiger partial charge in [0.15, 0.2) is 20.3 Å². The molecule has 0 bridgehead atoms. The highest BCUT2D eigenvalue weighted by Crippen LogP contribution is 2.42. The highest BCUT2D eigenvalue weighted by Gasteiger charge is 2.53. The van der Waals surface area contributed by atoms with Gasteiger partial charge in [0.2, 0.25) is 5.91 Å². The maximum absolute atomic E-state index is 13.7. The van der Waals surface area contributed by atoms with Gasteiger partial charge in [0.1, 0.15) is 0 Å². The second kappa shape index (κ2) is 8.86. The first-order valence-corrected chi connectivity index (χ1v) is 12.3. The van der Waals surface area contributed by atoms with Crippen LogP contribution in [-0.4, -0.2) is 25.0 Å². The smallest absolute Gasteiger partial charge is 0.291 e. The van der Waals surface area contributed by atoms with E-state index in [1.165, 1.54) is 6.26 Å². The Morgan fingerprint density at radius 1 is 0.909 bits per heavy atom. The van der Waals surface area contributed by atoms with Crippen LogP contribution < -0.4 is 10.6 Å². The summed E-state index contributed by atoms with van der Waals surface area (Å²) in [6.07, 6.45) is 3.33. The van der Waals surface area contributed by atoms with Crippen molar-refractivity contribution >= 4 is 33.0 Å². The fourth-order valence-electron chi connectivity index (χ4n) is 4.25. The summed E-state index contributed by atoms with van der Waals surface area (Å²) in [6.45, 7) is 3.59. The van der Waals surface area contributed by atoms with Gasteiger partial charge in [0.25, 0.3) is 5.91 Å². The van der Waals surface area contributed by atoms with Crippen molar-refractivity contribution in [1.82, 2.24) is 0 Å². The van der Waals surface area contributed by atoms with E-state index in [0.717, 1.165) is 5.56 Å². The molecule has 2 aromatic carbocycles. The Kier molecular flexibility index (Phi) is 6.12. The Balaban J connectivity index is 1.55. The van der Waals surface area contributed by atoms with Crippen molar-refractivity contribution < 1.29 is 22.4 Å². The van der Waals surface area contributed by atoms with Crippen molar-refractivity contribution in [3.63, 3.8) is 0 Å². The number of hydrogen-bond acceptors (Lipinski definition) is 5. The van der Waals surface area contributed by atoms with Crippen LogP contribution in [0.25, 0.3) is 0 Å². The highest BCUT2D eigenvalue weighted by molar-refractivity contribution is 7.93. The molecular formula is C25H26N2O5S. The molecule has 1 aliphatic carbocycles. The summed E-state index contributed by atoms with van der Waals surface area (Å²) in [4.78, 5) is 25.7. The summed E-state index contributed by atoms with van der Waals surface area (Å²) in [5.74, 6) is -0.721. The quantitative estimate of drug-likeness (QED) is 0.539. The maximum Gasteiger partial charge on any atom is 0.291 e. The number of carbonyl (C=O) groups excluding carboxylic acids is 2. The third-order valence-electron chi connectivity index (χ3n) is 6.12. The van der Waals surface area contributed by atoms with Gasteiger partial charge in [-0.25, -0.2) is 8.42 Å². The van der Waals surface area contributed by atoms with E-state index in [2.05, 4.69) is 10.6 Å². The molecule has 1 aromatic heterocycles. The molecule has 1 aliphatic rings. The molecule has 0 unspecified atom stereocenters. The van der Waals surface area contributed by atoms with Gasteiger partial charge in [-0.1, -0.05) is 25.0 Å². The zero-order valence-electron chi connectivity index (χ0n) is 18.6. The minimum Gasteiger partial charge on any atom is -0.459 e. The summed E-state index contributed by atoms with van der Waals surface area (Å²) in [6, 6.07) is 15.0. The van der Waals surface area contributed by atoms with Crippen molar-refractivity contribution in [1.29, 1.82) is 0 Å². The summed E-state index contributed by atoms with van der Waals surface area (Å²) in [7, 11) is -3.90. The van der Waals surface area contributed by atoms with E-state index in [1.54, 1.807) is 55.5 Å². The predicted molar refractivity (Wildman–Crippen MR) is 126 cm³/mol. The molecule has 2 amide bonds. The molecule has 0 saturated heterocycles. The number of benzene rings is 2. The molecule has 1 fully saturated rings. The lowest BCUT2D eigenvalue weighted by atomic mass is 10.1. The molecule has 1 heterocycles. The van der Waals surface area contributed by atoms with E-state index in [1.807, 2.05) is 13.0 Å². The van der Waals surface area contributed by atoms with Gasteiger partial charge in [-0.05, 0) is 80.3 Å². The van der Waals surface area contributed by atoms with E-state index < -0.39 is 20.5 Å². The Hall–Kier alpha value is -3.39.